The number of hydrogen-bond acceptors (Lipinski definition) is 8. The molecule has 40 heavy (non-hydrogen) atoms. The van der Waals surface area contributed by atoms with Crippen molar-refractivity contribution in [2.75, 3.05) is 13.7 Å². The number of oxazole rings is 1. The topological polar surface area (TPSA) is 124 Å². The van der Waals surface area contributed by atoms with Crippen LogP contribution in [0.5, 0.6) is 17.2 Å². The molecular formula is C30H32N2O8. The molecule has 4 rings (SSSR count). The van der Waals surface area contributed by atoms with Gasteiger partial charge in [0.1, 0.15) is 34.8 Å². The smallest absolute Gasteiger partial charge is 0.416 e. The summed E-state index contributed by atoms with van der Waals surface area (Å²) in [4.78, 5) is 30.6. The van der Waals surface area contributed by atoms with Gasteiger partial charge < -0.3 is 28.2 Å². The number of carboxylic acids is 1. The van der Waals surface area contributed by atoms with Gasteiger partial charge in [-0.3, -0.25) is 4.90 Å². The summed E-state index contributed by atoms with van der Waals surface area (Å²) in [7, 11) is 1.54. The van der Waals surface area contributed by atoms with Crippen molar-refractivity contribution in [2.24, 2.45) is 0 Å². The predicted octanol–water partition coefficient (Wildman–Crippen LogP) is 6.05. The van der Waals surface area contributed by atoms with Crippen LogP contribution in [0.15, 0.2) is 69.5 Å². The van der Waals surface area contributed by atoms with E-state index in [1.54, 1.807) is 55.5 Å². The van der Waals surface area contributed by atoms with Crippen LogP contribution in [0.2, 0.25) is 0 Å². The monoisotopic (exact) mass is 548 g/mol. The van der Waals surface area contributed by atoms with Crippen molar-refractivity contribution in [2.45, 2.75) is 46.2 Å². The van der Waals surface area contributed by atoms with Gasteiger partial charge in [0.05, 0.1) is 19.4 Å². The van der Waals surface area contributed by atoms with Crippen LogP contribution >= 0.6 is 0 Å². The molecule has 1 amide bonds. The number of aromatic nitrogens is 1. The number of carboxylic acid groups (broad SMARTS) is 1. The lowest BCUT2D eigenvalue weighted by atomic mass is 10.1. The number of methoxy groups -OCH3 is 1. The maximum absolute atomic E-state index is 13.0. The van der Waals surface area contributed by atoms with E-state index in [4.69, 9.17) is 23.0 Å². The standard InChI is InChI=1S/C30H32N2O8/c1-5-26(29(33)34)32(30(35)40-24-13-11-22(36-4)12-14-24)18-21-7-9-23(10-8-21)37-17-16-25-20(3)39-28(31-25)27-15-6-19(2)38-27/h6-15,26H,5,16-18H2,1-4H3,(H,33,34). The fraction of sp³-hybridized carbons (Fsp3) is 0.300. The normalized spacial score (nSPS) is 11.6. The van der Waals surface area contributed by atoms with E-state index < -0.39 is 18.1 Å². The van der Waals surface area contributed by atoms with Crippen molar-refractivity contribution in [3.05, 3.63) is 83.4 Å². The number of rotatable bonds is 12. The Kier molecular flexibility index (Phi) is 9.11. The zero-order valence-corrected chi connectivity index (χ0v) is 22.9. The minimum absolute atomic E-state index is 0.0488. The summed E-state index contributed by atoms with van der Waals surface area (Å²) in [5, 5.41) is 9.72. The zero-order valence-electron chi connectivity index (χ0n) is 22.9. The van der Waals surface area contributed by atoms with E-state index >= 15 is 0 Å². The fourth-order valence-corrected chi connectivity index (χ4v) is 4.10. The molecule has 0 bridgehead atoms. The molecule has 210 valence electrons. The van der Waals surface area contributed by atoms with Crippen LogP contribution in [0.1, 0.15) is 36.1 Å². The van der Waals surface area contributed by atoms with E-state index in [1.807, 2.05) is 26.0 Å². The second-order valence-electron chi connectivity index (χ2n) is 9.11. The lowest BCUT2D eigenvalue weighted by molar-refractivity contribution is -0.142. The van der Waals surface area contributed by atoms with Gasteiger partial charge in [-0.2, -0.15) is 0 Å². The lowest BCUT2D eigenvalue weighted by Crippen LogP contribution is -2.45. The highest BCUT2D eigenvalue weighted by Gasteiger charge is 2.30. The third-order valence-corrected chi connectivity index (χ3v) is 6.27. The van der Waals surface area contributed by atoms with E-state index in [1.165, 1.54) is 12.0 Å². The molecule has 0 fully saturated rings. The van der Waals surface area contributed by atoms with Gasteiger partial charge in [0.2, 0.25) is 0 Å². The van der Waals surface area contributed by atoms with Crippen molar-refractivity contribution in [3.63, 3.8) is 0 Å². The molecule has 1 unspecified atom stereocenters. The van der Waals surface area contributed by atoms with Gasteiger partial charge in [0.15, 0.2) is 5.76 Å². The summed E-state index contributed by atoms with van der Waals surface area (Å²) in [6.07, 6.45) is 0.00183. The number of carbonyl (C=O) groups excluding carboxylic acids is 1. The summed E-state index contributed by atoms with van der Waals surface area (Å²) >= 11 is 0. The fourth-order valence-electron chi connectivity index (χ4n) is 4.10. The van der Waals surface area contributed by atoms with Gasteiger partial charge in [-0.05, 0) is 74.4 Å². The highest BCUT2D eigenvalue weighted by molar-refractivity contribution is 5.81. The number of furan rings is 1. The predicted molar refractivity (Wildman–Crippen MR) is 146 cm³/mol. The van der Waals surface area contributed by atoms with Crippen LogP contribution in [0.3, 0.4) is 0 Å². The van der Waals surface area contributed by atoms with Crippen LogP contribution in [-0.2, 0) is 17.8 Å². The molecule has 1 atom stereocenters. The first-order valence-corrected chi connectivity index (χ1v) is 12.9. The maximum Gasteiger partial charge on any atom is 0.416 e. The number of aliphatic carboxylic acids is 1. The minimum atomic E-state index is -1.11. The molecule has 2 heterocycles. The van der Waals surface area contributed by atoms with Gasteiger partial charge in [-0.25, -0.2) is 14.6 Å². The Balaban J connectivity index is 1.37. The van der Waals surface area contributed by atoms with Crippen LogP contribution in [0, 0.1) is 13.8 Å². The third-order valence-electron chi connectivity index (χ3n) is 6.27. The van der Waals surface area contributed by atoms with E-state index in [0.29, 0.717) is 41.9 Å². The van der Waals surface area contributed by atoms with Crippen LogP contribution in [0.4, 0.5) is 4.79 Å². The number of amides is 1. The third kappa shape index (κ3) is 7.02. The van der Waals surface area contributed by atoms with Crippen molar-refractivity contribution >= 4 is 12.1 Å². The Morgan fingerprint density at radius 2 is 1.62 bits per heavy atom. The first-order valence-electron chi connectivity index (χ1n) is 12.9. The Morgan fingerprint density at radius 1 is 0.950 bits per heavy atom. The van der Waals surface area contributed by atoms with Crippen LogP contribution in [0.25, 0.3) is 11.7 Å². The zero-order chi connectivity index (χ0) is 28.6. The first kappa shape index (κ1) is 28.3. The lowest BCUT2D eigenvalue weighted by Gasteiger charge is -2.27. The average Bonchev–Trinajstić information content (AvgIpc) is 3.54. The molecule has 1 N–H and O–H groups in total. The molecular weight excluding hydrogens is 516 g/mol. The molecule has 0 aliphatic heterocycles. The van der Waals surface area contributed by atoms with Gasteiger partial charge in [-0.1, -0.05) is 19.1 Å². The Bertz CT molecular complexity index is 1420. The molecule has 0 saturated carbocycles. The Morgan fingerprint density at radius 3 is 2.23 bits per heavy atom. The number of benzene rings is 2. The van der Waals surface area contributed by atoms with Gasteiger partial charge in [-0.15, -0.1) is 0 Å². The summed E-state index contributed by atoms with van der Waals surface area (Å²) in [5.74, 6) is 2.92. The number of hydrogen-bond donors (Lipinski definition) is 1. The minimum Gasteiger partial charge on any atom is -0.497 e. The van der Waals surface area contributed by atoms with E-state index in [2.05, 4.69) is 4.98 Å². The molecule has 10 nitrogen and oxygen atoms in total. The SMILES string of the molecule is CCC(C(=O)O)N(Cc1ccc(OCCc2nc(-c3ccc(C)o3)oc2C)cc1)C(=O)Oc1ccc(OC)cc1. The van der Waals surface area contributed by atoms with Gasteiger partial charge in [0.25, 0.3) is 5.89 Å². The summed E-state index contributed by atoms with van der Waals surface area (Å²) in [5.41, 5.74) is 1.51. The molecule has 2 aromatic heterocycles. The highest BCUT2D eigenvalue weighted by Crippen LogP contribution is 2.25. The molecule has 0 radical (unpaired) electrons. The average molecular weight is 549 g/mol. The second-order valence-corrected chi connectivity index (χ2v) is 9.11. The first-order chi connectivity index (χ1) is 19.3. The van der Waals surface area contributed by atoms with E-state index in [0.717, 1.165) is 17.0 Å². The van der Waals surface area contributed by atoms with E-state index in [9.17, 15) is 14.7 Å². The number of carbonyl (C=O) groups is 2. The van der Waals surface area contributed by atoms with Crippen molar-refractivity contribution in [3.8, 4) is 28.9 Å². The number of ether oxygens (including phenoxy) is 3. The van der Waals surface area contributed by atoms with Crippen LogP contribution < -0.4 is 14.2 Å². The number of aryl methyl sites for hydroxylation is 2. The molecule has 2 aromatic carbocycles. The molecule has 0 saturated heterocycles. The summed E-state index contributed by atoms with van der Waals surface area (Å²) in [6.45, 7) is 5.84. The molecule has 10 heteroatoms. The Hall–Kier alpha value is -4.73. The van der Waals surface area contributed by atoms with Crippen molar-refractivity contribution in [1.29, 1.82) is 0 Å². The van der Waals surface area contributed by atoms with Crippen LogP contribution in [-0.4, -0.2) is 46.8 Å². The maximum atomic E-state index is 13.0. The molecule has 4 aromatic rings. The summed E-state index contributed by atoms with van der Waals surface area (Å²) in [6, 6.07) is 16.2. The summed E-state index contributed by atoms with van der Waals surface area (Å²) < 4.78 is 27.8. The Labute approximate surface area is 232 Å². The molecule has 0 spiro atoms. The van der Waals surface area contributed by atoms with Crippen molar-refractivity contribution in [1.82, 2.24) is 9.88 Å². The van der Waals surface area contributed by atoms with E-state index in [-0.39, 0.29) is 18.7 Å². The van der Waals surface area contributed by atoms with Gasteiger partial charge >= 0.3 is 12.1 Å². The second kappa shape index (κ2) is 12.9. The number of nitrogens with zero attached hydrogens (tertiary/aromatic N) is 2. The van der Waals surface area contributed by atoms with Gasteiger partial charge in [0, 0.05) is 13.0 Å². The molecule has 0 aliphatic carbocycles. The quantitative estimate of drug-likeness (QED) is 0.225. The highest BCUT2D eigenvalue weighted by atomic mass is 16.6. The van der Waals surface area contributed by atoms with Crippen molar-refractivity contribution < 1.29 is 37.7 Å². The largest absolute Gasteiger partial charge is 0.497 e. The molecule has 0 aliphatic rings.